The summed E-state index contributed by atoms with van der Waals surface area (Å²) < 4.78 is 40.9. The maximum absolute atomic E-state index is 13.6. The average molecular weight is 345 g/mol. The number of halogens is 3. The normalized spacial score (nSPS) is 11.6. The third-order valence-corrected chi connectivity index (χ3v) is 4.10. The van der Waals surface area contributed by atoms with Gasteiger partial charge in [0.2, 0.25) is 0 Å². The van der Waals surface area contributed by atoms with Crippen LogP contribution in [0.5, 0.6) is 0 Å². The van der Waals surface area contributed by atoms with Crippen molar-refractivity contribution >= 4 is 28.0 Å². The molecule has 0 spiro atoms. The van der Waals surface area contributed by atoms with Crippen LogP contribution in [0.4, 0.5) is 30.4 Å². The highest BCUT2D eigenvalue weighted by Crippen LogP contribution is 2.42. The monoisotopic (exact) mass is 345 g/mol. The van der Waals surface area contributed by atoms with E-state index in [4.69, 9.17) is 0 Å². The molecule has 25 heavy (non-hydrogen) atoms. The summed E-state index contributed by atoms with van der Waals surface area (Å²) in [5, 5.41) is 0.625. The van der Waals surface area contributed by atoms with Crippen molar-refractivity contribution in [3.8, 4) is 0 Å². The summed E-state index contributed by atoms with van der Waals surface area (Å²) in [4.78, 5) is 7.84. The molecule has 6 heteroatoms. The number of pyridine rings is 1. The molecule has 130 valence electrons. The van der Waals surface area contributed by atoms with Crippen molar-refractivity contribution in [3.05, 3.63) is 60.3 Å². The smallest absolute Gasteiger partial charge is 0.362 e. The van der Waals surface area contributed by atoms with E-state index in [0.717, 1.165) is 11.8 Å². The van der Waals surface area contributed by atoms with Crippen molar-refractivity contribution in [2.45, 2.75) is 6.18 Å². The Labute approximate surface area is 144 Å². The summed E-state index contributed by atoms with van der Waals surface area (Å²) in [6, 6.07) is 13.5. The fraction of sp³-hybridized carbons (Fsp3) is 0.211. The van der Waals surface area contributed by atoms with Gasteiger partial charge in [-0.3, -0.25) is 0 Å². The Balaban J connectivity index is 2.34. The van der Waals surface area contributed by atoms with Crippen molar-refractivity contribution in [1.82, 2.24) is 4.98 Å². The topological polar surface area (TPSA) is 19.4 Å². The number of fused-ring (bicyclic) bond motifs is 1. The predicted octanol–water partition coefficient (Wildman–Crippen LogP) is 5.09. The van der Waals surface area contributed by atoms with Crippen molar-refractivity contribution in [1.29, 1.82) is 0 Å². The Morgan fingerprint density at radius 3 is 2.16 bits per heavy atom. The first-order valence-corrected chi connectivity index (χ1v) is 7.75. The maximum Gasteiger partial charge on any atom is 0.417 e. The van der Waals surface area contributed by atoms with Gasteiger partial charge in [-0.1, -0.05) is 30.3 Å². The van der Waals surface area contributed by atoms with E-state index in [0.29, 0.717) is 16.9 Å². The zero-order chi connectivity index (χ0) is 18.2. The summed E-state index contributed by atoms with van der Waals surface area (Å²) in [6.07, 6.45) is -2.95. The van der Waals surface area contributed by atoms with E-state index in [1.807, 2.05) is 30.3 Å². The second-order valence-electron chi connectivity index (χ2n) is 5.98. The molecule has 0 saturated carbocycles. The highest BCUT2D eigenvalue weighted by molar-refractivity contribution is 6.03. The van der Waals surface area contributed by atoms with E-state index in [9.17, 15) is 13.2 Å². The first-order chi connectivity index (χ1) is 11.8. The van der Waals surface area contributed by atoms with Gasteiger partial charge in [0.1, 0.15) is 5.82 Å². The number of para-hydroxylation sites is 1. The van der Waals surface area contributed by atoms with E-state index in [1.165, 1.54) is 12.3 Å². The Hall–Kier alpha value is -2.76. The number of anilines is 3. The minimum Gasteiger partial charge on any atom is -0.362 e. The molecule has 0 aliphatic rings. The van der Waals surface area contributed by atoms with Gasteiger partial charge in [0.05, 0.1) is 17.4 Å². The lowest BCUT2D eigenvalue weighted by molar-refractivity contribution is -0.136. The van der Waals surface area contributed by atoms with Crippen LogP contribution in [0.2, 0.25) is 0 Å². The summed E-state index contributed by atoms with van der Waals surface area (Å²) in [7, 11) is 5.28. The largest absolute Gasteiger partial charge is 0.417 e. The zero-order valence-corrected chi connectivity index (χ0v) is 14.2. The van der Waals surface area contributed by atoms with Gasteiger partial charge in [-0.25, -0.2) is 4.98 Å². The molecule has 0 aliphatic heterocycles. The van der Waals surface area contributed by atoms with Gasteiger partial charge in [0.25, 0.3) is 0 Å². The second kappa shape index (κ2) is 6.27. The Morgan fingerprint density at radius 2 is 1.56 bits per heavy atom. The van der Waals surface area contributed by atoms with E-state index in [-0.39, 0.29) is 5.39 Å². The van der Waals surface area contributed by atoms with Crippen molar-refractivity contribution < 1.29 is 13.2 Å². The summed E-state index contributed by atoms with van der Waals surface area (Å²) >= 11 is 0. The molecule has 0 unspecified atom stereocenters. The maximum atomic E-state index is 13.6. The molecular weight excluding hydrogens is 327 g/mol. The van der Waals surface area contributed by atoms with E-state index in [1.54, 1.807) is 37.0 Å². The van der Waals surface area contributed by atoms with Crippen molar-refractivity contribution in [3.63, 3.8) is 0 Å². The number of alkyl halides is 3. The Kier molecular flexibility index (Phi) is 4.29. The Morgan fingerprint density at radius 1 is 0.880 bits per heavy atom. The lowest BCUT2D eigenvalue weighted by Gasteiger charge is -2.25. The molecule has 0 saturated heterocycles. The number of nitrogens with zero attached hydrogens (tertiary/aromatic N) is 3. The lowest BCUT2D eigenvalue weighted by atomic mass is 10.0. The molecule has 0 atom stereocenters. The van der Waals surface area contributed by atoms with Crippen LogP contribution < -0.4 is 9.80 Å². The van der Waals surface area contributed by atoms with Crippen LogP contribution in [0.25, 0.3) is 10.8 Å². The van der Waals surface area contributed by atoms with Crippen LogP contribution in [0, 0.1) is 0 Å². The number of hydrogen-bond donors (Lipinski definition) is 0. The molecule has 1 aromatic heterocycles. The summed E-state index contributed by atoms with van der Waals surface area (Å²) in [5.74, 6) is 0.506. The highest BCUT2D eigenvalue weighted by atomic mass is 19.4. The Bertz CT molecular complexity index is 890. The van der Waals surface area contributed by atoms with Crippen LogP contribution in [0.1, 0.15) is 5.56 Å². The van der Waals surface area contributed by atoms with Gasteiger partial charge in [-0.15, -0.1) is 0 Å². The van der Waals surface area contributed by atoms with Gasteiger partial charge >= 0.3 is 6.18 Å². The van der Waals surface area contributed by atoms with Gasteiger partial charge < -0.3 is 9.80 Å². The average Bonchev–Trinajstić information content (AvgIpc) is 2.59. The molecule has 0 bridgehead atoms. The molecule has 2 aromatic carbocycles. The standard InChI is InChI=1S/C19H18F3N3/c1-24(2)18-14-10-7-11-15(19(20,21)22)17(14)16(12-23-18)25(3)13-8-5-4-6-9-13/h4-12H,1-3H3. The van der Waals surface area contributed by atoms with Crippen LogP contribution >= 0.6 is 0 Å². The molecule has 3 aromatic rings. The number of rotatable bonds is 3. The summed E-state index contributed by atoms with van der Waals surface area (Å²) in [6.45, 7) is 0. The van der Waals surface area contributed by atoms with Crippen molar-refractivity contribution in [2.75, 3.05) is 30.9 Å². The highest BCUT2D eigenvalue weighted by Gasteiger charge is 2.34. The predicted molar refractivity (Wildman–Crippen MR) is 95.6 cm³/mol. The van der Waals surface area contributed by atoms with Gasteiger partial charge in [-0.2, -0.15) is 13.2 Å². The van der Waals surface area contributed by atoms with Crippen LogP contribution in [0.3, 0.4) is 0 Å². The lowest BCUT2D eigenvalue weighted by Crippen LogP contribution is -2.16. The van der Waals surface area contributed by atoms with E-state index >= 15 is 0 Å². The third kappa shape index (κ3) is 3.12. The van der Waals surface area contributed by atoms with Crippen molar-refractivity contribution in [2.24, 2.45) is 0 Å². The summed E-state index contributed by atoms with van der Waals surface area (Å²) in [5.41, 5.74) is 0.549. The number of benzene rings is 2. The second-order valence-corrected chi connectivity index (χ2v) is 5.98. The van der Waals surface area contributed by atoms with E-state index in [2.05, 4.69) is 4.98 Å². The molecule has 0 N–H and O–H groups in total. The third-order valence-electron chi connectivity index (χ3n) is 4.10. The molecule has 0 fully saturated rings. The molecule has 1 heterocycles. The molecule has 3 rings (SSSR count). The number of aromatic nitrogens is 1. The SMILES string of the molecule is CN(C)c1ncc(N(C)c2ccccc2)c2c(C(F)(F)F)cccc12. The quantitative estimate of drug-likeness (QED) is 0.659. The first kappa shape index (κ1) is 17.1. The fourth-order valence-corrected chi connectivity index (χ4v) is 2.91. The fourth-order valence-electron chi connectivity index (χ4n) is 2.91. The minimum absolute atomic E-state index is 0.153. The molecule has 0 radical (unpaired) electrons. The molecule has 3 nitrogen and oxygen atoms in total. The van der Waals surface area contributed by atoms with E-state index < -0.39 is 11.7 Å². The zero-order valence-electron chi connectivity index (χ0n) is 14.2. The van der Waals surface area contributed by atoms with Crippen LogP contribution in [-0.4, -0.2) is 26.1 Å². The number of hydrogen-bond acceptors (Lipinski definition) is 3. The first-order valence-electron chi connectivity index (χ1n) is 7.75. The molecule has 0 aliphatic carbocycles. The van der Waals surface area contributed by atoms with Crippen LogP contribution in [-0.2, 0) is 6.18 Å². The molecule has 0 amide bonds. The van der Waals surface area contributed by atoms with Gasteiger partial charge in [-0.05, 0) is 18.2 Å². The van der Waals surface area contributed by atoms with Gasteiger partial charge in [0, 0.05) is 37.6 Å². The van der Waals surface area contributed by atoms with Gasteiger partial charge in [0.15, 0.2) is 0 Å². The minimum atomic E-state index is -4.45. The van der Waals surface area contributed by atoms with Crippen LogP contribution in [0.15, 0.2) is 54.7 Å². The molecular formula is C19H18F3N3.